The third-order valence-electron chi connectivity index (χ3n) is 4.40. The summed E-state index contributed by atoms with van der Waals surface area (Å²) in [5.74, 6) is 0. The summed E-state index contributed by atoms with van der Waals surface area (Å²) in [6.45, 7) is 0. The predicted molar refractivity (Wildman–Crippen MR) is 98.8 cm³/mol. The number of rotatable bonds is 0. The zero-order valence-electron chi connectivity index (χ0n) is 11.8. The van der Waals surface area contributed by atoms with Crippen LogP contribution in [0.5, 0.6) is 0 Å². The Morgan fingerprint density at radius 2 is 1.32 bits per heavy atom. The minimum absolute atomic E-state index is 0.860. The molecule has 0 unspecified atom stereocenters. The van der Waals surface area contributed by atoms with Crippen LogP contribution in [-0.4, -0.2) is 0 Å². The fourth-order valence-electron chi connectivity index (χ4n) is 3.43. The lowest BCUT2D eigenvalue weighted by Gasteiger charge is -2.05. The molecule has 0 aliphatic carbocycles. The van der Waals surface area contributed by atoms with Gasteiger partial charge in [0.05, 0.1) is 0 Å². The molecule has 104 valence electrons. The van der Waals surface area contributed by atoms with Gasteiger partial charge < -0.3 is 5.73 Å². The van der Waals surface area contributed by atoms with Crippen LogP contribution in [0.15, 0.2) is 66.7 Å². The molecule has 0 atom stereocenters. The van der Waals surface area contributed by atoms with Crippen molar-refractivity contribution in [2.75, 3.05) is 5.73 Å². The first-order chi connectivity index (χ1) is 10.8. The van der Waals surface area contributed by atoms with Crippen molar-refractivity contribution in [1.29, 1.82) is 0 Å². The topological polar surface area (TPSA) is 26.0 Å². The highest BCUT2D eigenvalue weighted by Gasteiger charge is 2.13. The van der Waals surface area contributed by atoms with Crippen molar-refractivity contribution in [2.45, 2.75) is 0 Å². The van der Waals surface area contributed by atoms with E-state index in [0.717, 1.165) is 11.1 Å². The van der Waals surface area contributed by atoms with Crippen LogP contribution in [0.1, 0.15) is 0 Å². The standard InChI is InChI=1S/C20H13NS/c21-16-11-18-20(15-8-4-3-7-14(15)16)19-13-6-2-1-5-12(13)9-10-17(19)22-18/h1-11H,21H2. The Balaban J connectivity index is 2.18. The van der Waals surface area contributed by atoms with Crippen molar-refractivity contribution in [3.8, 4) is 0 Å². The maximum Gasteiger partial charge on any atom is 0.0408 e. The smallest absolute Gasteiger partial charge is 0.0408 e. The molecule has 2 heteroatoms. The number of benzene rings is 4. The van der Waals surface area contributed by atoms with Crippen LogP contribution in [-0.2, 0) is 0 Å². The van der Waals surface area contributed by atoms with E-state index in [0.29, 0.717) is 0 Å². The maximum atomic E-state index is 6.26. The first-order valence-electron chi connectivity index (χ1n) is 7.34. The largest absolute Gasteiger partial charge is 0.398 e. The Labute approximate surface area is 131 Å². The molecule has 2 N–H and O–H groups in total. The molecule has 1 aromatic heterocycles. The van der Waals surface area contributed by atoms with Crippen molar-refractivity contribution < 1.29 is 0 Å². The summed E-state index contributed by atoms with van der Waals surface area (Å²) in [6.07, 6.45) is 0. The van der Waals surface area contributed by atoms with E-state index < -0.39 is 0 Å². The summed E-state index contributed by atoms with van der Waals surface area (Å²) in [4.78, 5) is 0. The molecule has 0 spiro atoms. The van der Waals surface area contributed by atoms with Crippen molar-refractivity contribution in [3.63, 3.8) is 0 Å². The van der Waals surface area contributed by atoms with E-state index >= 15 is 0 Å². The summed E-state index contributed by atoms with van der Waals surface area (Å²) in [5, 5.41) is 7.69. The Morgan fingerprint density at radius 3 is 2.18 bits per heavy atom. The lowest BCUT2D eigenvalue weighted by atomic mass is 9.99. The van der Waals surface area contributed by atoms with Gasteiger partial charge in [0.15, 0.2) is 0 Å². The third-order valence-corrected chi connectivity index (χ3v) is 5.50. The SMILES string of the molecule is Nc1cc2sc3ccc4ccccc4c3c2c2ccccc12. The Morgan fingerprint density at radius 1 is 0.636 bits per heavy atom. The lowest BCUT2D eigenvalue weighted by Crippen LogP contribution is -1.86. The van der Waals surface area contributed by atoms with Gasteiger partial charge >= 0.3 is 0 Å². The molecule has 1 heterocycles. The maximum absolute atomic E-state index is 6.26. The molecule has 0 bridgehead atoms. The molecule has 0 saturated heterocycles. The average molecular weight is 299 g/mol. The molecular weight excluding hydrogens is 286 g/mol. The number of anilines is 1. The van der Waals surface area contributed by atoms with Crippen LogP contribution in [0.4, 0.5) is 5.69 Å². The third kappa shape index (κ3) is 1.48. The minimum Gasteiger partial charge on any atom is -0.398 e. The molecule has 4 aromatic carbocycles. The molecule has 0 aliphatic heterocycles. The molecule has 0 radical (unpaired) electrons. The second-order valence-electron chi connectivity index (χ2n) is 5.65. The van der Waals surface area contributed by atoms with Gasteiger partial charge in [-0.15, -0.1) is 11.3 Å². The summed E-state index contributed by atoms with van der Waals surface area (Å²) in [7, 11) is 0. The van der Waals surface area contributed by atoms with E-state index in [1.807, 2.05) is 11.3 Å². The van der Waals surface area contributed by atoms with Crippen LogP contribution in [0, 0.1) is 0 Å². The number of fused-ring (bicyclic) bond motifs is 7. The molecule has 0 aliphatic rings. The zero-order chi connectivity index (χ0) is 14.7. The van der Waals surface area contributed by atoms with E-state index in [1.54, 1.807) is 0 Å². The van der Waals surface area contributed by atoms with Gasteiger partial charge in [-0.2, -0.15) is 0 Å². The zero-order valence-corrected chi connectivity index (χ0v) is 12.7. The normalized spacial score (nSPS) is 11.8. The molecule has 0 fully saturated rings. The van der Waals surface area contributed by atoms with Gasteiger partial charge in [0.25, 0.3) is 0 Å². The fourth-order valence-corrected chi connectivity index (χ4v) is 4.62. The molecular formula is C20H13NS. The van der Waals surface area contributed by atoms with Crippen LogP contribution >= 0.6 is 11.3 Å². The first kappa shape index (κ1) is 12.0. The number of hydrogen-bond donors (Lipinski definition) is 1. The van der Waals surface area contributed by atoms with Gasteiger partial charge in [-0.05, 0) is 28.3 Å². The van der Waals surface area contributed by atoms with Crippen molar-refractivity contribution in [3.05, 3.63) is 66.7 Å². The highest BCUT2D eigenvalue weighted by Crippen LogP contribution is 2.43. The summed E-state index contributed by atoms with van der Waals surface area (Å²) in [5.41, 5.74) is 7.12. The molecule has 22 heavy (non-hydrogen) atoms. The van der Waals surface area contributed by atoms with Gasteiger partial charge in [0, 0.05) is 31.2 Å². The highest BCUT2D eigenvalue weighted by molar-refractivity contribution is 7.26. The number of hydrogen-bond acceptors (Lipinski definition) is 2. The molecule has 0 saturated carbocycles. The van der Waals surface area contributed by atoms with Gasteiger partial charge in [-0.1, -0.05) is 54.6 Å². The van der Waals surface area contributed by atoms with E-state index in [1.165, 1.54) is 36.3 Å². The van der Waals surface area contributed by atoms with E-state index in [9.17, 15) is 0 Å². The van der Waals surface area contributed by atoms with Crippen LogP contribution in [0.25, 0.3) is 41.7 Å². The number of thiophene rings is 1. The average Bonchev–Trinajstić information content (AvgIpc) is 2.94. The fraction of sp³-hybridized carbons (Fsp3) is 0. The van der Waals surface area contributed by atoms with Gasteiger partial charge in [-0.25, -0.2) is 0 Å². The highest BCUT2D eigenvalue weighted by atomic mass is 32.1. The van der Waals surface area contributed by atoms with E-state index in [4.69, 9.17) is 5.73 Å². The number of nitrogen functional groups attached to an aromatic ring is 1. The Bertz CT molecular complexity index is 1180. The van der Waals surface area contributed by atoms with E-state index in [2.05, 4.69) is 66.7 Å². The predicted octanol–water partition coefficient (Wildman–Crippen LogP) is 5.94. The van der Waals surface area contributed by atoms with Crippen molar-refractivity contribution in [1.82, 2.24) is 0 Å². The molecule has 0 amide bonds. The molecule has 1 nitrogen and oxygen atoms in total. The van der Waals surface area contributed by atoms with Gasteiger partial charge in [0.1, 0.15) is 0 Å². The van der Waals surface area contributed by atoms with E-state index in [-0.39, 0.29) is 0 Å². The Hall–Kier alpha value is -2.58. The molecule has 5 rings (SSSR count). The monoisotopic (exact) mass is 299 g/mol. The van der Waals surface area contributed by atoms with Crippen molar-refractivity contribution >= 4 is 58.7 Å². The second-order valence-corrected chi connectivity index (χ2v) is 6.73. The van der Waals surface area contributed by atoms with Gasteiger partial charge in [0.2, 0.25) is 0 Å². The summed E-state index contributed by atoms with van der Waals surface area (Å²) in [6, 6.07) is 23.6. The quantitative estimate of drug-likeness (QED) is 0.352. The van der Waals surface area contributed by atoms with Crippen molar-refractivity contribution in [2.24, 2.45) is 0 Å². The Kier molecular flexibility index (Phi) is 2.30. The molecule has 5 aromatic rings. The van der Waals surface area contributed by atoms with Gasteiger partial charge in [-0.3, -0.25) is 0 Å². The summed E-state index contributed by atoms with van der Waals surface area (Å²) >= 11 is 1.83. The van der Waals surface area contributed by atoms with Crippen LogP contribution < -0.4 is 5.73 Å². The second kappa shape index (κ2) is 4.21. The first-order valence-corrected chi connectivity index (χ1v) is 8.16. The van der Waals surface area contributed by atoms with Crippen LogP contribution in [0.3, 0.4) is 0 Å². The minimum atomic E-state index is 0.860. The van der Waals surface area contributed by atoms with Crippen LogP contribution in [0.2, 0.25) is 0 Å². The lowest BCUT2D eigenvalue weighted by molar-refractivity contribution is 1.79. The number of nitrogens with two attached hydrogens (primary N) is 1. The summed E-state index contributed by atoms with van der Waals surface area (Å²) < 4.78 is 2.59.